The molecule has 0 radical (unpaired) electrons. The monoisotopic (exact) mass is 556 g/mol. The zero-order chi connectivity index (χ0) is 26.9. The maximum Gasteiger partial charge on any atom is 0.341 e. The second kappa shape index (κ2) is 13.8. The molecule has 4 rings (SSSR count). The van der Waals surface area contributed by atoms with Crippen molar-refractivity contribution in [3.8, 4) is 17.1 Å². The SMILES string of the molecule is CCCCOc1ccc(-c2nnc(SCC(=O)Nc3sc4c(c3C(=O)OC)CCCCCC4)n2CC)cc1. The molecule has 1 amide bonds. The standard InChI is InChI=1S/C28H36N4O4S2/c1-4-6-17-36-20-15-13-19(14-16-20)25-30-31-28(32(25)5-2)37-18-23(33)29-26-24(27(34)35-3)21-11-9-7-8-10-12-22(21)38-26/h13-16H,4-12,17-18H2,1-3H3,(H,29,33). The Hall–Kier alpha value is -2.85. The minimum Gasteiger partial charge on any atom is -0.494 e. The Morgan fingerprint density at radius 1 is 1.08 bits per heavy atom. The fourth-order valence-electron chi connectivity index (χ4n) is 4.55. The van der Waals surface area contributed by atoms with E-state index < -0.39 is 0 Å². The highest BCUT2D eigenvalue weighted by atomic mass is 32.2. The Morgan fingerprint density at radius 3 is 2.55 bits per heavy atom. The molecule has 0 atom stereocenters. The highest BCUT2D eigenvalue weighted by molar-refractivity contribution is 7.99. The zero-order valence-corrected chi connectivity index (χ0v) is 24.0. The van der Waals surface area contributed by atoms with Gasteiger partial charge < -0.3 is 19.4 Å². The topological polar surface area (TPSA) is 95.3 Å². The number of aromatic nitrogens is 3. The molecule has 1 aromatic carbocycles. The van der Waals surface area contributed by atoms with Crippen molar-refractivity contribution in [2.24, 2.45) is 0 Å². The van der Waals surface area contributed by atoms with Crippen LogP contribution in [-0.2, 0) is 28.9 Å². The third-order valence-corrected chi connectivity index (χ3v) is 8.73. The number of amides is 1. The van der Waals surface area contributed by atoms with E-state index in [4.69, 9.17) is 9.47 Å². The lowest BCUT2D eigenvalue weighted by Crippen LogP contribution is -2.17. The van der Waals surface area contributed by atoms with Gasteiger partial charge >= 0.3 is 5.97 Å². The van der Waals surface area contributed by atoms with Crippen molar-refractivity contribution in [2.75, 3.05) is 24.8 Å². The molecule has 1 aliphatic rings. The lowest BCUT2D eigenvalue weighted by atomic mass is 9.96. The number of nitrogens with zero attached hydrogens (tertiary/aromatic N) is 3. The van der Waals surface area contributed by atoms with Gasteiger partial charge in [0.1, 0.15) is 10.8 Å². The van der Waals surface area contributed by atoms with E-state index in [1.165, 1.54) is 41.5 Å². The van der Waals surface area contributed by atoms with Gasteiger partial charge in [0.2, 0.25) is 5.91 Å². The molecule has 3 aromatic rings. The quantitative estimate of drug-likeness (QED) is 0.166. The Kier molecular flexibility index (Phi) is 10.2. The van der Waals surface area contributed by atoms with Crippen LogP contribution in [0.4, 0.5) is 5.00 Å². The number of hydrogen-bond acceptors (Lipinski definition) is 8. The lowest BCUT2D eigenvalue weighted by molar-refractivity contribution is -0.113. The summed E-state index contributed by atoms with van der Waals surface area (Å²) in [5.41, 5.74) is 2.51. The van der Waals surface area contributed by atoms with Gasteiger partial charge in [0, 0.05) is 17.0 Å². The minimum absolute atomic E-state index is 0.158. The number of nitrogens with one attached hydrogen (secondary N) is 1. The van der Waals surface area contributed by atoms with Crippen LogP contribution >= 0.6 is 23.1 Å². The third-order valence-electron chi connectivity index (χ3n) is 6.56. The number of methoxy groups -OCH3 is 1. The van der Waals surface area contributed by atoms with Crippen molar-refractivity contribution in [1.29, 1.82) is 0 Å². The van der Waals surface area contributed by atoms with Crippen LogP contribution in [0.1, 0.15) is 73.2 Å². The van der Waals surface area contributed by atoms with Crippen LogP contribution in [-0.4, -0.2) is 46.1 Å². The van der Waals surface area contributed by atoms with E-state index >= 15 is 0 Å². The highest BCUT2D eigenvalue weighted by Crippen LogP contribution is 2.37. The lowest BCUT2D eigenvalue weighted by Gasteiger charge is -2.11. The molecule has 2 aromatic heterocycles. The number of thioether (sulfide) groups is 1. The first-order valence-corrected chi connectivity index (χ1v) is 15.2. The minimum atomic E-state index is -0.386. The first-order valence-electron chi connectivity index (χ1n) is 13.4. The average Bonchev–Trinajstić information content (AvgIpc) is 3.48. The molecule has 38 heavy (non-hydrogen) atoms. The van der Waals surface area contributed by atoms with Gasteiger partial charge in [-0.25, -0.2) is 4.79 Å². The van der Waals surface area contributed by atoms with E-state index in [1.807, 2.05) is 35.8 Å². The van der Waals surface area contributed by atoms with Crippen molar-refractivity contribution in [1.82, 2.24) is 14.8 Å². The number of carbonyl (C=O) groups excluding carboxylic acids is 2. The van der Waals surface area contributed by atoms with Gasteiger partial charge in [-0.2, -0.15) is 0 Å². The van der Waals surface area contributed by atoms with Crippen LogP contribution in [0.25, 0.3) is 11.4 Å². The molecule has 1 aliphatic carbocycles. The Labute approximate surface area is 232 Å². The first-order chi connectivity index (χ1) is 18.5. The molecule has 8 nitrogen and oxygen atoms in total. The van der Waals surface area contributed by atoms with Crippen LogP contribution in [0, 0.1) is 0 Å². The summed E-state index contributed by atoms with van der Waals surface area (Å²) in [7, 11) is 1.39. The molecule has 0 bridgehead atoms. The van der Waals surface area contributed by atoms with Gasteiger partial charge in [0.05, 0.1) is 25.0 Å². The molecule has 0 aliphatic heterocycles. The molecule has 0 spiro atoms. The van der Waals surface area contributed by atoms with Crippen LogP contribution in [0.5, 0.6) is 5.75 Å². The molecule has 2 heterocycles. The molecule has 0 saturated heterocycles. The molecular formula is C28H36N4O4S2. The molecule has 0 unspecified atom stereocenters. The number of thiophene rings is 1. The van der Waals surface area contributed by atoms with E-state index in [0.717, 1.165) is 67.6 Å². The number of rotatable bonds is 11. The van der Waals surface area contributed by atoms with Gasteiger partial charge in [0.15, 0.2) is 11.0 Å². The van der Waals surface area contributed by atoms with Crippen molar-refractivity contribution in [2.45, 2.75) is 76.9 Å². The number of anilines is 1. The molecule has 1 N–H and O–H groups in total. The number of benzene rings is 1. The van der Waals surface area contributed by atoms with Crippen molar-refractivity contribution < 1.29 is 19.1 Å². The molecule has 204 valence electrons. The van der Waals surface area contributed by atoms with Crippen molar-refractivity contribution in [3.05, 3.63) is 40.3 Å². The predicted octanol–water partition coefficient (Wildman–Crippen LogP) is 6.38. The number of unbranched alkanes of at least 4 members (excludes halogenated alkanes) is 1. The maximum absolute atomic E-state index is 13.0. The number of ether oxygens (including phenoxy) is 2. The summed E-state index contributed by atoms with van der Waals surface area (Å²) in [6.45, 7) is 5.55. The number of esters is 1. The summed E-state index contributed by atoms with van der Waals surface area (Å²) < 4.78 is 12.8. The van der Waals surface area contributed by atoms with Gasteiger partial charge in [-0.05, 0) is 68.9 Å². The first kappa shape index (κ1) is 28.2. The third kappa shape index (κ3) is 6.77. The summed E-state index contributed by atoms with van der Waals surface area (Å²) in [4.78, 5) is 26.8. The van der Waals surface area contributed by atoms with Gasteiger partial charge in [0.25, 0.3) is 0 Å². The van der Waals surface area contributed by atoms with E-state index in [-0.39, 0.29) is 17.6 Å². The predicted molar refractivity (Wildman–Crippen MR) is 152 cm³/mol. The molecular weight excluding hydrogens is 520 g/mol. The van der Waals surface area contributed by atoms with E-state index in [0.29, 0.717) is 28.9 Å². The molecule has 0 saturated carbocycles. The van der Waals surface area contributed by atoms with Crippen LogP contribution < -0.4 is 10.1 Å². The molecule has 10 heteroatoms. The second-order valence-corrected chi connectivity index (χ2v) is 11.3. The van der Waals surface area contributed by atoms with Crippen LogP contribution in [0.15, 0.2) is 29.4 Å². The summed E-state index contributed by atoms with van der Waals surface area (Å²) in [6.07, 6.45) is 8.39. The average molecular weight is 557 g/mol. The summed E-state index contributed by atoms with van der Waals surface area (Å²) in [5.74, 6) is 1.18. The van der Waals surface area contributed by atoms with E-state index in [9.17, 15) is 9.59 Å². The van der Waals surface area contributed by atoms with Gasteiger partial charge in [-0.15, -0.1) is 21.5 Å². The van der Waals surface area contributed by atoms with E-state index in [2.05, 4.69) is 22.4 Å². The van der Waals surface area contributed by atoms with Crippen LogP contribution in [0.3, 0.4) is 0 Å². The fraction of sp³-hybridized carbons (Fsp3) is 0.500. The maximum atomic E-state index is 13.0. The Balaban J connectivity index is 1.44. The molecule has 0 fully saturated rings. The number of aryl methyl sites for hydroxylation is 1. The van der Waals surface area contributed by atoms with Gasteiger partial charge in [-0.1, -0.05) is 37.9 Å². The van der Waals surface area contributed by atoms with Crippen molar-refractivity contribution >= 4 is 40.0 Å². The highest BCUT2D eigenvalue weighted by Gasteiger charge is 2.26. The fourth-order valence-corrected chi connectivity index (χ4v) is 6.64. The van der Waals surface area contributed by atoms with Crippen molar-refractivity contribution in [3.63, 3.8) is 0 Å². The van der Waals surface area contributed by atoms with E-state index in [1.54, 1.807) is 0 Å². The smallest absolute Gasteiger partial charge is 0.341 e. The summed E-state index contributed by atoms with van der Waals surface area (Å²) in [6, 6.07) is 7.86. The summed E-state index contributed by atoms with van der Waals surface area (Å²) in [5, 5.41) is 13.0. The largest absolute Gasteiger partial charge is 0.494 e. The van der Waals surface area contributed by atoms with Crippen LogP contribution in [0.2, 0.25) is 0 Å². The zero-order valence-electron chi connectivity index (χ0n) is 22.4. The second-order valence-electron chi connectivity index (χ2n) is 9.23. The summed E-state index contributed by atoms with van der Waals surface area (Å²) >= 11 is 2.84. The number of fused-ring (bicyclic) bond motifs is 1. The number of hydrogen-bond donors (Lipinski definition) is 1. The normalized spacial score (nSPS) is 13.3. The Bertz CT molecular complexity index is 1240. The number of carbonyl (C=O) groups is 2. The Morgan fingerprint density at radius 2 is 1.84 bits per heavy atom. The van der Waals surface area contributed by atoms with Gasteiger partial charge in [-0.3, -0.25) is 4.79 Å².